The summed E-state index contributed by atoms with van der Waals surface area (Å²) in [5.74, 6) is 1.27. The van der Waals surface area contributed by atoms with E-state index in [1.807, 2.05) is 79.7 Å². The lowest BCUT2D eigenvalue weighted by atomic mass is 10.2. The lowest BCUT2D eigenvalue weighted by Crippen LogP contribution is -2.23. The molecule has 0 aliphatic carbocycles. The maximum absolute atomic E-state index is 13.3. The molecule has 0 amide bonds. The largest absolute Gasteiger partial charge is 0.494 e. The maximum atomic E-state index is 13.3. The van der Waals surface area contributed by atoms with E-state index in [4.69, 9.17) is 9.72 Å². The number of para-hydroxylation sites is 1. The zero-order valence-corrected chi connectivity index (χ0v) is 17.9. The van der Waals surface area contributed by atoms with Gasteiger partial charge in [0.15, 0.2) is 5.82 Å². The van der Waals surface area contributed by atoms with Gasteiger partial charge < -0.3 is 4.74 Å². The smallest absolute Gasteiger partial charge is 0.266 e. The van der Waals surface area contributed by atoms with Crippen molar-refractivity contribution in [1.29, 1.82) is 0 Å². The highest BCUT2D eigenvalue weighted by Gasteiger charge is 2.12. The SMILES string of the molecule is CCOc1ccc(N=Cc2nc3ccc(I)cc3c(=O)n2-c2ccccc2)cc1. The molecule has 4 aromatic rings. The standard InChI is InChI=1S/C23H18IN3O2/c1-2-29-19-11-9-17(10-12-19)25-15-22-26-21-13-8-16(24)14-20(21)23(28)27(22)18-6-4-3-5-7-18/h3-15H,2H2,1H3. The molecule has 1 heterocycles. The van der Waals surface area contributed by atoms with Crippen LogP contribution in [0, 0.1) is 3.57 Å². The molecular formula is C23H18IN3O2. The van der Waals surface area contributed by atoms with Crippen LogP contribution >= 0.6 is 22.6 Å². The van der Waals surface area contributed by atoms with Crippen LogP contribution < -0.4 is 10.3 Å². The minimum absolute atomic E-state index is 0.118. The van der Waals surface area contributed by atoms with Crippen LogP contribution in [-0.4, -0.2) is 22.4 Å². The molecule has 0 atom stereocenters. The van der Waals surface area contributed by atoms with E-state index < -0.39 is 0 Å². The number of hydrogen-bond donors (Lipinski definition) is 0. The third-order valence-electron chi connectivity index (χ3n) is 4.35. The van der Waals surface area contributed by atoms with Crippen LogP contribution in [0.2, 0.25) is 0 Å². The van der Waals surface area contributed by atoms with Gasteiger partial charge in [0.1, 0.15) is 5.75 Å². The van der Waals surface area contributed by atoms with Gasteiger partial charge in [-0.05, 0) is 84.1 Å². The minimum Gasteiger partial charge on any atom is -0.494 e. The number of benzene rings is 3. The molecule has 0 aliphatic rings. The Bertz CT molecular complexity index is 1230. The Balaban J connectivity index is 1.84. The molecule has 29 heavy (non-hydrogen) atoms. The first kappa shape index (κ1) is 19.3. The van der Waals surface area contributed by atoms with Crippen LogP contribution in [0.4, 0.5) is 5.69 Å². The first-order valence-electron chi connectivity index (χ1n) is 9.20. The summed E-state index contributed by atoms with van der Waals surface area (Å²) in [7, 11) is 0. The average molecular weight is 495 g/mol. The van der Waals surface area contributed by atoms with E-state index in [2.05, 4.69) is 27.6 Å². The second-order valence-corrected chi connectivity index (χ2v) is 7.54. The summed E-state index contributed by atoms with van der Waals surface area (Å²) >= 11 is 2.20. The van der Waals surface area contributed by atoms with Crippen molar-refractivity contribution in [3.05, 3.63) is 92.5 Å². The van der Waals surface area contributed by atoms with Crippen LogP contribution in [0.1, 0.15) is 12.7 Å². The maximum Gasteiger partial charge on any atom is 0.266 e. The van der Waals surface area contributed by atoms with Crippen molar-refractivity contribution in [2.24, 2.45) is 4.99 Å². The van der Waals surface area contributed by atoms with Crippen molar-refractivity contribution in [2.45, 2.75) is 6.92 Å². The Hall–Kier alpha value is -3.00. The second-order valence-electron chi connectivity index (χ2n) is 6.29. The van der Waals surface area contributed by atoms with E-state index in [0.29, 0.717) is 23.3 Å². The number of halogens is 1. The number of ether oxygens (including phenoxy) is 1. The molecule has 0 unspecified atom stereocenters. The lowest BCUT2D eigenvalue weighted by Gasteiger charge is -2.11. The number of hydrogen-bond acceptors (Lipinski definition) is 4. The zero-order valence-electron chi connectivity index (χ0n) is 15.7. The molecule has 0 aliphatic heterocycles. The molecule has 0 saturated heterocycles. The highest BCUT2D eigenvalue weighted by Crippen LogP contribution is 2.19. The van der Waals surface area contributed by atoms with Gasteiger partial charge >= 0.3 is 0 Å². The molecule has 1 aromatic heterocycles. The van der Waals surface area contributed by atoms with E-state index in [9.17, 15) is 4.79 Å². The molecular weight excluding hydrogens is 477 g/mol. The van der Waals surface area contributed by atoms with Crippen LogP contribution in [0.3, 0.4) is 0 Å². The molecule has 0 bridgehead atoms. The van der Waals surface area contributed by atoms with Gasteiger partial charge in [-0.1, -0.05) is 18.2 Å². The quantitative estimate of drug-likeness (QED) is 0.285. The second kappa shape index (κ2) is 8.57. The molecule has 0 N–H and O–H groups in total. The Labute approximate surface area is 181 Å². The van der Waals surface area contributed by atoms with Crippen molar-refractivity contribution in [3.8, 4) is 11.4 Å². The summed E-state index contributed by atoms with van der Waals surface area (Å²) in [6.07, 6.45) is 1.63. The van der Waals surface area contributed by atoms with Crippen molar-refractivity contribution in [3.63, 3.8) is 0 Å². The fourth-order valence-corrected chi connectivity index (χ4v) is 3.51. The van der Waals surface area contributed by atoms with Crippen LogP contribution in [0.15, 0.2) is 82.6 Å². The van der Waals surface area contributed by atoms with Gasteiger partial charge in [-0.2, -0.15) is 0 Å². The summed E-state index contributed by atoms with van der Waals surface area (Å²) < 4.78 is 8.05. The number of aliphatic imine (C=N–C) groups is 1. The third kappa shape index (κ3) is 4.22. The number of fused-ring (bicyclic) bond motifs is 1. The summed E-state index contributed by atoms with van der Waals surface area (Å²) in [6.45, 7) is 2.56. The number of aromatic nitrogens is 2. The van der Waals surface area contributed by atoms with E-state index in [-0.39, 0.29) is 5.56 Å². The number of nitrogens with zero attached hydrogens (tertiary/aromatic N) is 3. The van der Waals surface area contributed by atoms with Crippen molar-refractivity contribution in [1.82, 2.24) is 9.55 Å². The van der Waals surface area contributed by atoms with Crippen LogP contribution in [0.25, 0.3) is 16.6 Å². The van der Waals surface area contributed by atoms with Gasteiger partial charge in [0.25, 0.3) is 5.56 Å². The van der Waals surface area contributed by atoms with Gasteiger partial charge in [-0.3, -0.25) is 14.4 Å². The fourth-order valence-electron chi connectivity index (χ4n) is 3.02. The fraction of sp³-hybridized carbons (Fsp3) is 0.0870. The van der Waals surface area contributed by atoms with Crippen molar-refractivity contribution >= 4 is 45.4 Å². The first-order valence-corrected chi connectivity index (χ1v) is 10.3. The third-order valence-corrected chi connectivity index (χ3v) is 5.02. The summed E-state index contributed by atoms with van der Waals surface area (Å²) in [6, 6.07) is 22.6. The molecule has 5 nitrogen and oxygen atoms in total. The summed E-state index contributed by atoms with van der Waals surface area (Å²) in [4.78, 5) is 22.5. The van der Waals surface area contributed by atoms with Gasteiger partial charge in [0.2, 0.25) is 0 Å². The summed E-state index contributed by atoms with van der Waals surface area (Å²) in [5.41, 5.74) is 2.03. The van der Waals surface area contributed by atoms with Gasteiger partial charge in [0.05, 0.1) is 35.1 Å². The molecule has 4 rings (SSSR count). The van der Waals surface area contributed by atoms with E-state index >= 15 is 0 Å². The molecule has 3 aromatic carbocycles. The monoisotopic (exact) mass is 495 g/mol. The van der Waals surface area contributed by atoms with Gasteiger partial charge in [0, 0.05) is 3.57 Å². The predicted molar refractivity (Wildman–Crippen MR) is 125 cm³/mol. The Morgan fingerprint density at radius 3 is 2.55 bits per heavy atom. The average Bonchev–Trinajstić information content (AvgIpc) is 2.75. The molecule has 0 fully saturated rings. The van der Waals surface area contributed by atoms with E-state index in [1.54, 1.807) is 10.8 Å². The highest BCUT2D eigenvalue weighted by atomic mass is 127. The van der Waals surface area contributed by atoms with Gasteiger partial charge in [-0.15, -0.1) is 0 Å². The highest BCUT2D eigenvalue weighted by molar-refractivity contribution is 14.1. The predicted octanol–water partition coefficient (Wildman–Crippen LogP) is 5.14. The molecule has 0 saturated carbocycles. The Morgan fingerprint density at radius 1 is 1.07 bits per heavy atom. The van der Waals surface area contributed by atoms with Crippen LogP contribution in [-0.2, 0) is 0 Å². The molecule has 0 spiro atoms. The van der Waals surface area contributed by atoms with Crippen LogP contribution in [0.5, 0.6) is 5.75 Å². The van der Waals surface area contributed by atoms with Crippen molar-refractivity contribution < 1.29 is 4.74 Å². The van der Waals surface area contributed by atoms with E-state index in [1.165, 1.54) is 0 Å². The summed E-state index contributed by atoms with van der Waals surface area (Å²) in [5, 5.41) is 0.582. The van der Waals surface area contributed by atoms with E-state index in [0.717, 1.165) is 20.7 Å². The minimum atomic E-state index is -0.118. The number of rotatable bonds is 5. The van der Waals surface area contributed by atoms with Crippen molar-refractivity contribution in [2.75, 3.05) is 6.61 Å². The lowest BCUT2D eigenvalue weighted by molar-refractivity contribution is 0.340. The topological polar surface area (TPSA) is 56.5 Å². The Kier molecular flexibility index (Phi) is 5.71. The van der Waals surface area contributed by atoms with Gasteiger partial charge in [-0.25, -0.2) is 4.98 Å². The normalized spacial score (nSPS) is 11.2. The molecule has 144 valence electrons. The molecule has 6 heteroatoms. The first-order chi connectivity index (χ1) is 14.2. The zero-order chi connectivity index (χ0) is 20.2. The molecule has 0 radical (unpaired) electrons. The Morgan fingerprint density at radius 2 is 1.83 bits per heavy atom.